The Labute approximate surface area is 333 Å². The van der Waals surface area contributed by atoms with E-state index in [1.165, 1.54) is 61.2 Å². The number of benzene rings is 9. The van der Waals surface area contributed by atoms with E-state index in [0.29, 0.717) is 0 Å². The molecule has 268 valence electrons. The molecule has 9 aromatic rings. The standard InChI is InChI=1S/C55H37NO/c1-3-16-38(17-4-1)40-20-13-23-44(34-40)56(45-24-14-21-41(35-45)39-18-5-2-6-19-39)46-25-15-22-42(36-46)43-32-33-50-48(37-43)47-26-7-8-27-49(47)55(50)51-28-9-11-30-53(51)57-54-31-12-10-29-52(54)55/h1-37H. The second kappa shape index (κ2) is 13.4. The van der Waals surface area contributed by atoms with Crippen molar-refractivity contribution in [2.75, 3.05) is 4.90 Å². The van der Waals surface area contributed by atoms with Gasteiger partial charge in [0.25, 0.3) is 0 Å². The monoisotopic (exact) mass is 727 g/mol. The van der Waals surface area contributed by atoms with Crippen molar-refractivity contribution in [2.24, 2.45) is 0 Å². The van der Waals surface area contributed by atoms with Crippen LogP contribution >= 0.6 is 0 Å². The Balaban J connectivity index is 1.07. The van der Waals surface area contributed by atoms with E-state index in [1.54, 1.807) is 0 Å². The van der Waals surface area contributed by atoms with Gasteiger partial charge in [-0.2, -0.15) is 0 Å². The second-order valence-corrected chi connectivity index (χ2v) is 14.9. The summed E-state index contributed by atoms with van der Waals surface area (Å²) in [6.07, 6.45) is 0. The number of nitrogens with zero attached hydrogens (tertiary/aromatic N) is 1. The van der Waals surface area contributed by atoms with Gasteiger partial charge in [-0.1, -0.05) is 170 Å². The van der Waals surface area contributed by atoms with Gasteiger partial charge in [-0.3, -0.25) is 0 Å². The van der Waals surface area contributed by atoms with Crippen LogP contribution in [0, 0.1) is 0 Å². The van der Waals surface area contributed by atoms with Crippen LogP contribution in [0.2, 0.25) is 0 Å². The summed E-state index contributed by atoms with van der Waals surface area (Å²) in [7, 11) is 0. The zero-order valence-corrected chi connectivity index (χ0v) is 31.2. The van der Waals surface area contributed by atoms with Crippen LogP contribution < -0.4 is 9.64 Å². The van der Waals surface area contributed by atoms with Gasteiger partial charge in [0.1, 0.15) is 11.5 Å². The van der Waals surface area contributed by atoms with Gasteiger partial charge >= 0.3 is 0 Å². The Morgan fingerprint density at radius 1 is 0.281 bits per heavy atom. The summed E-state index contributed by atoms with van der Waals surface area (Å²) in [5.74, 6) is 1.81. The first kappa shape index (κ1) is 33.0. The topological polar surface area (TPSA) is 12.5 Å². The van der Waals surface area contributed by atoms with Gasteiger partial charge in [-0.05, 0) is 110 Å². The van der Waals surface area contributed by atoms with E-state index >= 15 is 0 Å². The van der Waals surface area contributed by atoms with Crippen molar-refractivity contribution < 1.29 is 4.74 Å². The average Bonchev–Trinajstić information content (AvgIpc) is 3.57. The molecule has 2 aliphatic rings. The fourth-order valence-corrected chi connectivity index (χ4v) is 9.22. The highest BCUT2D eigenvalue weighted by atomic mass is 16.5. The molecule has 0 fully saturated rings. The van der Waals surface area contributed by atoms with Gasteiger partial charge in [0.15, 0.2) is 0 Å². The molecule has 9 aromatic carbocycles. The number of ether oxygens (including phenoxy) is 1. The minimum atomic E-state index is -0.484. The quantitative estimate of drug-likeness (QED) is 0.169. The lowest BCUT2D eigenvalue weighted by Crippen LogP contribution is -2.32. The molecule has 1 aliphatic carbocycles. The predicted octanol–water partition coefficient (Wildman–Crippen LogP) is 14.6. The average molecular weight is 728 g/mol. The van der Waals surface area contributed by atoms with Gasteiger partial charge in [0.05, 0.1) is 5.41 Å². The maximum Gasteiger partial charge on any atom is 0.132 e. The molecule has 0 unspecified atom stereocenters. The van der Waals surface area contributed by atoms with E-state index < -0.39 is 5.41 Å². The van der Waals surface area contributed by atoms with E-state index in [2.05, 4.69) is 229 Å². The zero-order valence-electron chi connectivity index (χ0n) is 31.2. The molecular formula is C55H37NO. The second-order valence-electron chi connectivity index (χ2n) is 14.9. The Morgan fingerprint density at radius 3 is 1.23 bits per heavy atom. The lowest BCUT2D eigenvalue weighted by molar-refractivity contribution is 0.436. The summed E-state index contributed by atoms with van der Waals surface area (Å²) in [5.41, 5.74) is 17.3. The Hall–Kier alpha value is -7.42. The molecule has 57 heavy (non-hydrogen) atoms. The maximum atomic E-state index is 6.56. The molecule has 11 rings (SSSR count). The third-order valence-electron chi connectivity index (χ3n) is 11.7. The van der Waals surface area contributed by atoms with Crippen LogP contribution in [-0.4, -0.2) is 0 Å². The maximum absolute atomic E-state index is 6.56. The molecule has 1 heterocycles. The van der Waals surface area contributed by atoms with Crippen LogP contribution in [0.4, 0.5) is 17.1 Å². The van der Waals surface area contributed by atoms with Gasteiger partial charge < -0.3 is 9.64 Å². The first-order valence-corrected chi connectivity index (χ1v) is 19.6. The van der Waals surface area contributed by atoms with Crippen molar-refractivity contribution in [3.63, 3.8) is 0 Å². The zero-order chi connectivity index (χ0) is 37.8. The van der Waals surface area contributed by atoms with Crippen molar-refractivity contribution in [1.29, 1.82) is 0 Å². The Morgan fingerprint density at radius 2 is 0.684 bits per heavy atom. The molecule has 0 radical (unpaired) electrons. The number of anilines is 3. The Kier molecular flexibility index (Phi) is 7.75. The number of hydrogen-bond acceptors (Lipinski definition) is 2. The molecule has 0 atom stereocenters. The molecule has 0 bridgehead atoms. The van der Waals surface area contributed by atoms with E-state index in [9.17, 15) is 0 Å². The van der Waals surface area contributed by atoms with E-state index in [-0.39, 0.29) is 0 Å². The minimum absolute atomic E-state index is 0.484. The highest BCUT2D eigenvalue weighted by molar-refractivity contribution is 5.91. The number of para-hydroxylation sites is 2. The number of rotatable bonds is 6. The van der Waals surface area contributed by atoms with Crippen LogP contribution in [0.1, 0.15) is 22.3 Å². The van der Waals surface area contributed by atoms with Crippen LogP contribution in [0.15, 0.2) is 224 Å². The van der Waals surface area contributed by atoms with Gasteiger partial charge in [-0.25, -0.2) is 0 Å². The van der Waals surface area contributed by atoms with Crippen molar-refractivity contribution >= 4 is 17.1 Å². The molecular weight excluding hydrogens is 691 g/mol. The van der Waals surface area contributed by atoms with E-state index in [0.717, 1.165) is 34.1 Å². The van der Waals surface area contributed by atoms with Crippen LogP contribution in [0.25, 0.3) is 44.5 Å². The van der Waals surface area contributed by atoms with Crippen molar-refractivity contribution in [3.8, 4) is 56.0 Å². The van der Waals surface area contributed by atoms with Crippen LogP contribution in [0.3, 0.4) is 0 Å². The summed E-state index contributed by atoms with van der Waals surface area (Å²) in [6.45, 7) is 0. The molecule has 0 aromatic heterocycles. The summed E-state index contributed by atoms with van der Waals surface area (Å²) < 4.78 is 6.56. The van der Waals surface area contributed by atoms with Crippen molar-refractivity contribution in [2.45, 2.75) is 5.41 Å². The number of hydrogen-bond donors (Lipinski definition) is 0. The fourth-order valence-electron chi connectivity index (χ4n) is 9.22. The van der Waals surface area contributed by atoms with Crippen LogP contribution in [-0.2, 0) is 5.41 Å². The van der Waals surface area contributed by atoms with Gasteiger partial charge in [0.2, 0.25) is 0 Å². The third kappa shape index (κ3) is 5.33. The van der Waals surface area contributed by atoms with E-state index in [4.69, 9.17) is 4.74 Å². The highest BCUT2D eigenvalue weighted by Crippen LogP contribution is 2.62. The minimum Gasteiger partial charge on any atom is -0.457 e. The molecule has 1 spiro atoms. The molecule has 0 N–H and O–H groups in total. The molecule has 2 nitrogen and oxygen atoms in total. The first-order chi connectivity index (χ1) is 28.3. The summed E-state index contributed by atoms with van der Waals surface area (Å²) in [4.78, 5) is 2.38. The van der Waals surface area contributed by atoms with Crippen molar-refractivity contribution in [3.05, 3.63) is 247 Å². The molecule has 0 saturated carbocycles. The summed E-state index contributed by atoms with van der Waals surface area (Å²) in [6, 6.07) is 81.0. The SMILES string of the molecule is c1ccc(-c2cccc(N(c3cccc(-c4ccccc4)c3)c3cccc(-c4ccc5c(c4)-c4ccccc4C54c5ccccc5Oc5ccccc54)c3)c2)cc1. The highest BCUT2D eigenvalue weighted by Gasteiger charge is 2.50. The largest absolute Gasteiger partial charge is 0.457 e. The summed E-state index contributed by atoms with van der Waals surface area (Å²) in [5, 5.41) is 0. The smallest absolute Gasteiger partial charge is 0.132 e. The summed E-state index contributed by atoms with van der Waals surface area (Å²) >= 11 is 0. The third-order valence-corrected chi connectivity index (χ3v) is 11.7. The van der Waals surface area contributed by atoms with Crippen LogP contribution in [0.5, 0.6) is 11.5 Å². The molecule has 1 aliphatic heterocycles. The lowest BCUT2D eigenvalue weighted by atomic mass is 9.66. The fraction of sp³-hybridized carbons (Fsp3) is 0.0182. The molecule has 0 saturated heterocycles. The first-order valence-electron chi connectivity index (χ1n) is 19.6. The predicted molar refractivity (Wildman–Crippen MR) is 235 cm³/mol. The lowest BCUT2D eigenvalue weighted by Gasteiger charge is -2.39. The Bertz CT molecular complexity index is 2820. The van der Waals surface area contributed by atoms with Gasteiger partial charge in [-0.15, -0.1) is 0 Å². The van der Waals surface area contributed by atoms with E-state index in [1.807, 2.05) is 0 Å². The normalized spacial score (nSPS) is 12.8. The van der Waals surface area contributed by atoms with Crippen molar-refractivity contribution in [1.82, 2.24) is 0 Å². The molecule has 2 heteroatoms. The van der Waals surface area contributed by atoms with Gasteiger partial charge in [0, 0.05) is 28.2 Å². The molecule has 0 amide bonds. The number of fused-ring (bicyclic) bond motifs is 9.